The van der Waals surface area contributed by atoms with Crippen LogP contribution in [0.4, 0.5) is 0 Å². The maximum absolute atomic E-state index is 9.64. The highest BCUT2D eigenvalue weighted by molar-refractivity contribution is 5.25. The Morgan fingerprint density at radius 3 is 2.15 bits per heavy atom. The fourth-order valence-corrected chi connectivity index (χ4v) is 1.12. The lowest BCUT2D eigenvalue weighted by Gasteiger charge is -2.17. The van der Waals surface area contributed by atoms with Crippen molar-refractivity contribution in [2.24, 2.45) is 0 Å². The van der Waals surface area contributed by atoms with E-state index in [1.807, 2.05) is 24.3 Å². The van der Waals surface area contributed by atoms with Crippen molar-refractivity contribution in [2.45, 2.75) is 26.0 Å². The van der Waals surface area contributed by atoms with Crippen LogP contribution < -0.4 is 5.48 Å². The van der Waals surface area contributed by atoms with Crippen molar-refractivity contribution < 1.29 is 10.3 Å². The summed E-state index contributed by atoms with van der Waals surface area (Å²) >= 11 is 0. The minimum Gasteiger partial charge on any atom is -0.386 e. The lowest BCUT2D eigenvalue weighted by atomic mass is 9.97. The molecular weight excluding hydrogens is 166 g/mol. The molecule has 0 fully saturated rings. The second-order valence-corrected chi connectivity index (χ2v) is 3.59. The van der Waals surface area contributed by atoms with Gasteiger partial charge in [-0.1, -0.05) is 24.3 Å². The first-order valence-electron chi connectivity index (χ1n) is 4.23. The maximum atomic E-state index is 9.64. The number of hydrogen-bond donors (Lipinski definition) is 3. The zero-order valence-electron chi connectivity index (χ0n) is 7.91. The third-order valence-electron chi connectivity index (χ3n) is 1.94. The van der Waals surface area contributed by atoms with Gasteiger partial charge in [0, 0.05) is 6.54 Å². The molecule has 3 nitrogen and oxygen atoms in total. The van der Waals surface area contributed by atoms with Gasteiger partial charge >= 0.3 is 0 Å². The molecule has 0 saturated heterocycles. The molecule has 1 rings (SSSR count). The van der Waals surface area contributed by atoms with E-state index in [0.29, 0.717) is 6.54 Å². The van der Waals surface area contributed by atoms with E-state index >= 15 is 0 Å². The number of hydroxylamine groups is 1. The molecule has 0 unspecified atom stereocenters. The SMILES string of the molecule is CC(C)(O)c1ccc(CNO)cc1. The molecule has 3 N–H and O–H groups in total. The van der Waals surface area contributed by atoms with Gasteiger partial charge in [-0.15, -0.1) is 0 Å². The highest BCUT2D eigenvalue weighted by Crippen LogP contribution is 2.19. The molecule has 0 aliphatic carbocycles. The number of aliphatic hydroxyl groups is 1. The van der Waals surface area contributed by atoms with Crippen LogP contribution in [-0.2, 0) is 12.1 Å². The zero-order valence-corrected chi connectivity index (χ0v) is 7.91. The Balaban J connectivity index is 2.81. The summed E-state index contributed by atoms with van der Waals surface area (Å²) in [6.45, 7) is 3.91. The normalized spacial score (nSPS) is 11.7. The maximum Gasteiger partial charge on any atom is 0.0840 e. The molecule has 0 spiro atoms. The summed E-state index contributed by atoms with van der Waals surface area (Å²) in [6.07, 6.45) is 0. The molecule has 0 aromatic heterocycles. The largest absolute Gasteiger partial charge is 0.386 e. The summed E-state index contributed by atoms with van der Waals surface area (Å²) in [4.78, 5) is 0. The highest BCUT2D eigenvalue weighted by Gasteiger charge is 2.14. The predicted molar refractivity (Wildman–Crippen MR) is 50.3 cm³/mol. The van der Waals surface area contributed by atoms with Gasteiger partial charge in [0.25, 0.3) is 0 Å². The van der Waals surface area contributed by atoms with Crippen LogP contribution >= 0.6 is 0 Å². The molecule has 0 bridgehead atoms. The molecule has 1 aromatic rings. The van der Waals surface area contributed by atoms with Crippen molar-refractivity contribution in [3.63, 3.8) is 0 Å². The number of benzene rings is 1. The van der Waals surface area contributed by atoms with Gasteiger partial charge in [0.05, 0.1) is 5.60 Å². The topological polar surface area (TPSA) is 52.5 Å². The summed E-state index contributed by atoms with van der Waals surface area (Å²) in [5, 5.41) is 18.1. The van der Waals surface area contributed by atoms with E-state index in [4.69, 9.17) is 5.21 Å². The monoisotopic (exact) mass is 181 g/mol. The highest BCUT2D eigenvalue weighted by atomic mass is 16.5. The van der Waals surface area contributed by atoms with E-state index in [9.17, 15) is 5.11 Å². The van der Waals surface area contributed by atoms with Crippen molar-refractivity contribution in [2.75, 3.05) is 0 Å². The van der Waals surface area contributed by atoms with Gasteiger partial charge in [-0.25, -0.2) is 5.48 Å². The Morgan fingerprint density at radius 1 is 1.23 bits per heavy atom. The van der Waals surface area contributed by atoms with E-state index < -0.39 is 5.60 Å². The summed E-state index contributed by atoms with van der Waals surface area (Å²) in [5.74, 6) is 0. The summed E-state index contributed by atoms with van der Waals surface area (Å²) < 4.78 is 0. The van der Waals surface area contributed by atoms with Crippen LogP contribution in [0.2, 0.25) is 0 Å². The molecule has 0 amide bonds. The third kappa shape index (κ3) is 2.81. The molecule has 72 valence electrons. The van der Waals surface area contributed by atoms with Gasteiger partial charge in [0.2, 0.25) is 0 Å². The second kappa shape index (κ2) is 3.87. The van der Waals surface area contributed by atoms with Gasteiger partial charge in [0.1, 0.15) is 0 Å². The standard InChI is InChI=1S/C10H15NO2/c1-10(2,12)9-5-3-8(4-6-9)7-11-13/h3-6,11-13H,7H2,1-2H3. The van der Waals surface area contributed by atoms with Crippen molar-refractivity contribution in [1.82, 2.24) is 5.48 Å². The molecule has 0 radical (unpaired) electrons. The van der Waals surface area contributed by atoms with Crippen LogP contribution in [-0.4, -0.2) is 10.3 Å². The first-order valence-corrected chi connectivity index (χ1v) is 4.23. The fourth-order valence-electron chi connectivity index (χ4n) is 1.12. The van der Waals surface area contributed by atoms with Crippen LogP contribution in [0.25, 0.3) is 0 Å². The molecule has 0 saturated carbocycles. The molecule has 0 aliphatic rings. The molecule has 3 heteroatoms. The van der Waals surface area contributed by atoms with Crippen molar-refractivity contribution in [3.05, 3.63) is 35.4 Å². The van der Waals surface area contributed by atoms with E-state index in [1.54, 1.807) is 13.8 Å². The summed E-state index contributed by atoms with van der Waals surface area (Å²) in [6, 6.07) is 7.45. The van der Waals surface area contributed by atoms with Crippen molar-refractivity contribution in [1.29, 1.82) is 0 Å². The van der Waals surface area contributed by atoms with Crippen molar-refractivity contribution >= 4 is 0 Å². The lowest BCUT2D eigenvalue weighted by molar-refractivity contribution is 0.0786. The average molecular weight is 181 g/mol. The Kier molecular flexibility index (Phi) is 3.03. The first kappa shape index (κ1) is 10.2. The Bertz CT molecular complexity index is 261. The molecule has 13 heavy (non-hydrogen) atoms. The van der Waals surface area contributed by atoms with E-state index in [2.05, 4.69) is 5.48 Å². The summed E-state index contributed by atoms with van der Waals surface area (Å²) in [5.41, 5.74) is 3.13. The van der Waals surface area contributed by atoms with Gasteiger partial charge in [-0.2, -0.15) is 0 Å². The number of hydrogen-bond acceptors (Lipinski definition) is 3. The number of nitrogens with one attached hydrogen (secondary N) is 1. The zero-order chi connectivity index (χ0) is 9.90. The minimum atomic E-state index is -0.800. The van der Waals surface area contributed by atoms with Crippen molar-refractivity contribution in [3.8, 4) is 0 Å². The van der Waals surface area contributed by atoms with Crippen LogP contribution in [0.5, 0.6) is 0 Å². The van der Waals surface area contributed by atoms with Gasteiger partial charge in [0.15, 0.2) is 0 Å². The second-order valence-electron chi connectivity index (χ2n) is 3.59. The van der Waals surface area contributed by atoms with Gasteiger partial charge < -0.3 is 10.3 Å². The molecule has 1 aromatic carbocycles. The molecule has 0 atom stereocenters. The van der Waals surface area contributed by atoms with Gasteiger partial charge in [-0.05, 0) is 25.0 Å². The van der Waals surface area contributed by atoms with E-state index in [-0.39, 0.29) is 0 Å². The lowest BCUT2D eigenvalue weighted by Crippen LogP contribution is -2.15. The molecular formula is C10H15NO2. The van der Waals surface area contributed by atoms with E-state index in [1.165, 1.54) is 0 Å². The Hall–Kier alpha value is -0.900. The third-order valence-corrected chi connectivity index (χ3v) is 1.94. The first-order chi connectivity index (χ1) is 6.04. The van der Waals surface area contributed by atoms with Gasteiger partial charge in [-0.3, -0.25) is 0 Å². The quantitative estimate of drug-likeness (QED) is 0.618. The Labute approximate surface area is 78.0 Å². The van der Waals surface area contributed by atoms with Crippen LogP contribution in [0, 0.1) is 0 Å². The smallest absolute Gasteiger partial charge is 0.0840 e. The minimum absolute atomic E-state index is 0.423. The average Bonchev–Trinajstić information content (AvgIpc) is 2.04. The Morgan fingerprint density at radius 2 is 1.77 bits per heavy atom. The van der Waals surface area contributed by atoms with Crippen LogP contribution in [0.1, 0.15) is 25.0 Å². The predicted octanol–water partition coefficient (Wildman–Crippen LogP) is 1.39. The molecule has 0 heterocycles. The summed E-state index contributed by atoms with van der Waals surface area (Å²) in [7, 11) is 0. The fraction of sp³-hybridized carbons (Fsp3) is 0.400. The van der Waals surface area contributed by atoms with Crippen LogP contribution in [0.3, 0.4) is 0 Å². The number of rotatable bonds is 3. The molecule has 0 aliphatic heterocycles. The van der Waals surface area contributed by atoms with E-state index in [0.717, 1.165) is 11.1 Å². The van der Waals surface area contributed by atoms with Crippen LogP contribution in [0.15, 0.2) is 24.3 Å².